The number of aromatic nitrogens is 1. The highest BCUT2D eigenvalue weighted by atomic mass is 127. The maximum absolute atomic E-state index is 12.5. The lowest BCUT2D eigenvalue weighted by Crippen LogP contribution is -2.05. The van der Waals surface area contributed by atoms with Crippen LogP contribution in [0.4, 0.5) is 19.0 Å². The highest BCUT2D eigenvalue weighted by Gasteiger charge is 2.30. The maximum atomic E-state index is 12.5. The molecule has 4 nitrogen and oxygen atoms in total. The molecule has 0 unspecified atom stereocenters. The zero-order valence-corrected chi connectivity index (χ0v) is 17.7. The number of hydrogen-bond acceptors (Lipinski definition) is 4. The Hall–Kier alpha value is -2.33. The summed E-state index contributed by atoms with van der Waals surface area (Å²) in [5, 5.41) is 4.67. The first kappa shape index (κ1) is 21.4. The van der Waals surface area contributed by atoms with Gasteiger partial charge in [0.25, 0.3) is 0 Å². The lowest BCUT2D eigenvalue weighted by molar-refractivity contribution is -0.137. The summed E-state index contributed by atoms with van der Waals surface area (Å²) in [6.45, 7) is 0.418. The second-order valence-electron chi connectivity index (χ2n) is 5.90. The number of ether oxygens (including phenoxy) is 1. The molecule has 0 saturated carbocycles. The van der Waals surface area contributed by atoms with E-state index in [2.05, 4.69) is 38.1 Å². The number of hydrazone groups is 1. The zero-order chi connectivity index (χ0) is 20.9. The summed E-state index contributed by atoms with van der Waals surface area (Å²) in [6.07, 6.45) is -2.11. The Morgan fingerprint density at radius 1 is 1.10 bits per heavy atom. The molecule has 150 valence electrons. The molecule has 29 heavy (non-hydrogen) atoms. The van der Waals surface area contributed by atoms with E-state index in [4.69, 9.17) is 16.3 Å². The number of alkyl halides is 3. The predicted octanol–water partition coefficient (Wildman–Crippen LogP) is 6.38. The highest BCUT2D eigenvalue weighted by molar-refractivity contribution is 14.1. The summed E-state index contributed by atoms with van der Waals surface area (Å²) in [4.78, 5) is 3.69. The van der Waals surface area contributed by atoms with Crippen LogP contribution in [0, 0.1) is 3.57 Å². The van der Waals surface area contributed by atoms with Gasteiger partial charge in [0, 0.05) is 11.2 Å². The van der Waals surface area contributed by atoms with Gasteiger partial charge in [-0.2, -0.15) is 18.3 Å². The molecule has 0 aliphatic carbocycles. The van der Waals surface area contributed by atoms with Crippen LogP contribution >= 0.6 is 34.2 Å². The third kappa shape index (κ3) is 6.33. The normalized spacial score (nSPS) is 11.6. The molecule has 0 amide bonds. The van der Waals surface area contributed by atoms with Crippen LogP contribution < -0.4 is 10.2 Å². The topological polar surface area (TPSA) is 46.5 Å². The molecule has 0 aliphatic heterocycles. The molecule has 1 N–H and O–H groups in total. The number of nitrogens with one attached hydrogen (secondary N) is 1. The fourth-order valence-electron chi connectivity index (χ4n) is 2.26. The van der Waals surface area contributed by atoms with Gasteiger partial charge >= 0.3 is 6.18 Å². The average Bonchev–Trinajstić information content (AvgIpc) is 2.68. The van der Waals surface area contributed by atoms with Crippen molar-refractivity contribution in [3.05, 3.63) is 86.1 Å². The summed E-state index contributed by atoms with van der Waals surface area (Å²) >= 11 is 8.03. The van der Waals surface area contributed by atoms with Crippen molar-refractivity contribution in [1.29, 1.82) is 0 Å². The summed E-state index contributed by atoms with van der Waals surface area (Å²) < 4.78 is 44.3. The molecule has 9 heteroatoms. The molecule has 1 heterocycles. The van der Waals surface area contributed by atoms with E-state index in [0.717, 1.165) is 32.7 Å². The summed E-state index contributed by atoms with van der Waals surface area (Å²) in [5.74, 6) is 0.946. The van der Waals surface area contributed by atoms with Gasteiger partial charge in [0.05, 0.1) is 15.3 Å². The maximum Gasteiger partial charge on any atom is 0.417 e. The number of halogens is 5. The van der Waals surface area contributed by atoms with E-state index < -0.39 is 11.7 Å². The van der Waals surface area contributed by atoms with Crippen molar-refractivity contribution in [2.75, 3.05) is 5.43 Å². The van der Waals surface area contributed by atoms with Crippen LogP contribution in [0.25, 0.3) is 0 Å². The van der Waals surface area contributed by atoms with Crippen molar-refractivity contribution in [2.24, 2.45) is 5.10 Å². The predicted molar refractivity (Wildman–Crippen MR) is 115 cm³/mol. The molecular formula is C20H14ClF3IN3O. The van der Waals surface area contributed by atoms with Crippen LogP contribution in [-0.2, 0) is 12.8 Å². The average molecular weight is 532 g/mol. The van der Waals surface area contributed by atoms with Crippen LogP contribution in [0.3, 0.4) is 0 Å². The van der Waals surface area contributed by atoms with Crippen LogP contribution in [0.2, 0.25) is 5.02 Å². The van der Waals surface area contributed by atoms with Crippen molar-refractivity contribution in [2.45, 2.75) is 12.8 Å². The van der Waals surface area contributed by atoms with E-state index >= 15 is 0 Å². The monoisotopic (exact) mass is 531 g/mol. The third-order valence-corrected chi connectivity index (χ3v) is 4.84. The Balaban J connectivity index is 1.57. The Labute approximate surface area is 183 Å². The lowest BCUT2D eigenvalue weighted by atomic mass is 10.2. The van der Waals surface area contributed by atoms with Crippen LogP contribution in [0.5, 0.6) is 5.75 Å². The molecule has 0 fully saturated rings. The van der Waals surface area contributed by atoms with Crippen molar-refractivity contribution < 1.29 is 17.9 Å². The van der Waals surface area contributed by atoms with Gasteiger partial charge in [-0.25, -0.2) is 4.98 Å². The molecule has 0 bridgehead atoms. The number of hydrogen-bond donors (Lipinski definition) is 1. The fraction of sp³-hybridized carbons (Fsp3) is 0.100. The number of benzene rings is 2. The zero-order valence-electron chi connectivity index (χ0n) is 14.8. The number of rotatable bonds is 6. The molecule has 3 aromatic rings. The number of pyridine rings is 1. The second-order valence-corrected chi connectivity index (χ2v) is 7.50. The molecule has 2 aromatic carbocycles. The molecule has 0 aliphatic rings. The Kier molecular flexibility index (Phi) is 6.96. The van der Waals surface area contributed by atoms with Gasteiger partial charge < -0.3 is 4.74 Å². The Morgan fingerprint density at radius 2 is 1.86 bits per heavy atom. The highest BCUT2D eigenvalue weighted by Crippen LogP contribution is 2.29. The van der Waals surface area contributed by atoms with E-state index in [9.17, 15) is 13.2 Å². The van der Waals surface area contributed by atoms with Crippen molar-refractivity contribution in [3.63, 3.8) is 0 Å². The number of nitrogens with zero attached hydrogens (tertiary/aromatic N) is 2. The van der Waals surface area contributed by atoms with Crippen LogP contribution in [-0.4, -0.2) is 11.2 Å². The third-order valence-electron chi connectivity index (χ3n) is 3.75. The van der Waals surface area contributed by atoms with Crippen molar-refractivity contribution in [3.8, 4) is 5.75 Å². The lowest BCUT2D eigenvalue weighted by Gasteiger charge is -2.09. The molecule has 3 rings (SSSR count). The van der Waals surface area contributed by atoms with Gasteiger partial charge in [0.1, 0.15) is 18.2 Å². The summed E-state index contributed by atoms with van der Waals surface area (Å²) in [7, 11) is 0. The summed E-state index contributed by atoms with van der Waals surface area (Å²) in [5.41, 5.74) is 3.60. The molecule has 0 radical (unpaired) electrons. The van der Waals surface area contributed by atoms with Gasteiger partial charge in [-0.3, -0.25) is 5.43 Å². The first-order valence-corrected chi connectivity index (χ1v) is 9.76. The van der Waals surface area contributed by atoms with Crippen molar-refractivity contribution in [1.82, 2.24) is 4.98 Å². The summed E-state index contributed by atoms with van der Waals surface area (Å²) in [6, 6.07) is 15.1. The van der Waals surface area contributed by atoms with Gasteiger partial charge in [0.15, 0.2) is 0 Å². The number of anilines is 1. The van der Waals surface area contributed by atoms with E-state index in [1.165, 1.54) is 6.07 Å². The quantitative estimate of drug-likeness (QED) is 0.228. The largest absolute Gasteiger partial charge is 0.488 e. The van der Waals surface area contributed by atoms with Crippen LogP contribution in [0.15, 0.2) is 65.9 Å². The Bertz CT molecular complexity index is 993. The van der Waals surface area contributed by atoms with E-state index in [-0.39, 0.29) is 5.82 Å². The SMILES string of the molecule is FC(F)(F)c1ccc(N/N=C\c2ccc(OCc3ccc(Cl)cc3)c(I)c2)nc1. The molecule has 1 aromatic heterocycles. The standard InChI is InChI=1S/C20H14ClF3IN3O/c21-16-5-1-13(2-6-16)12-29-18-7-3-14(9-17(18)25)10-27-28-19-8-4-15(11-26-19)20(22,23)24/h1-11H,12H2,(H,26,28)/b27-10-. The minimum absolute atomic E-state index is 0.215. The van der Waals surface area contributed by atoms with Crippen molar-refractivity contribution >= 4 is 46.2 Å². The van der Waals surface area contributed by atoms with E-state index in [1.54, 1.807) is 6.21 Å². The molecule has 0 spiro atoms. The first-order chi connectivity index (χ1) is 13.8. The van der Waals surface area contributed by atoms with E-state index in [0.29, 0.717) is 11.6 Å². The molecule has 0 saturated heterocycles. The molecule has 0 atom stereocenters. The van der Waals surface area contributed by atoms with Gasteiger partial charge in [-0.15, -0.1) is 0 Å². The minimum atomic E-state index is -4.41. The fourth-order valence-corrected chi connectivity index (χ4v) is 3.08. The molecular weight excluding hydrogens is 518 g/mol. The van der Waals surface area contributed by atoms with Crippen LogP contribution in [0.1, 0.15) is 16.7 Å². The second kappa shape index (κ2) is 9.45. The van der Waals surface area contributed by atoms with Gasteiger partial charge in [0.2, 0.25) is 0 Å². The van der Waals surface area contributed by atoms with Gasteiger partial charge in [-0.1, -0.05) is 23.7 Å². The smallest absolute Gasteiger partial charge is 0.417 e. The minimum Gasteiger partial charge on any atom is -0.488 e. The first-order valence-electron chi connectivity index (χ1n) is 8.30. The van der Waals surface area contributed by atoms with Gasteiger partial charge in [-0.05, 0) is 76.2 Å². The van der Waals surface area contributed by atoms with E-state index in [1.807, 2.05) is 42.5 Å². The Morgan fingerprint density at radius 3 is 2.48 bits per heavy atom.